The van der Waals surface area contributed by atoms with Crippen molar-refractivity contribution in [3.8, 4) is 0 Å². The van der Waals surface area contributed by atoms with Crippen LogP contribution in [0.25, 0.3) is 0 Å². The van der Waals surface area contributed by atoms with E-state index in [2.05, 4.69) is 9.31 Å². The summed E-state index contributed by atoms with van der Waals surface area (Å²) in [7, 11) is -2.56. The fourth-order valence-electron chi connectivity index (χ4n) is 0.914. The molecule has 0 aromatic carbocycles. The second-order valence-corrected chi connectivity index (χ2v) is 4.46. The van der Waals surface area contributed by atoms with Gasteiger partial charge in [-0.05, 0) is 13.8 Å². The summed E-state index contributed by atoms with van der Waals surface area (Å²) in [4.78, 5) is 0. The molecule has 0 bridgehead atoms. The second kappa shape index (κ2) is 5.90. The van der Waals surface area contributed by atoms with Crippen LogP contribution < -0.4 is 0 Å². The molecule has 0 saturated heterocycles. The van der Waals surface area contributed by atoms with Gasteiger partial charge in [0.05, 0.1) is 0 Å². The zero-order valence-electron chi connectivity index (χ0n) is 11.1. The van der Waals surface area contributed by atoms with E-state index in [9.17, 15) is 52.7 Å². The molecule has 0 atom stereocenters. The molecule has 0 amide bonds. The molecule has 0 rings (SSSR count). The van der Waals surface area contributed by atoms with Gasteiger partial charge in [0.15, 0.2) is 0 Å². The Bertz CT molecular complexity index is 339. The molecule has 0 N–H and O–H groups in total. The van der Waals surface area contributed by atoms with Crippen LogP contribution in [0, 0.1) is 0 Å². The first-order valence-corrected chi connectivity index (χ1v) is 5.25. The molecular formula is C8H7BF12O2. The Kier molecular flexibility index (Phi) is 5.68. The summed E-state index contributed by atoms with van der Waals surface area (Å²) in [6.45, 7) is -1.20. The molecule has 23 heavy (non-hydrogen) atoms. The molecule has 0 aromatic heterocycles. The quantitative estimate of drug-likeness (QED) is 0.546. The molecule has 0 aliphatic rings. The van der Waals surface area contributed by atoms with Gasteiger partial charge in [-0.25, -0.2) is 0 Å². The summed E-state index contributed by atoms with van der Waals surface area (Å²) in [5, 5.41) is 0. The third-order valence-electron chi connectivity index (χ3n) is 2.86. The molecule has 0 heterocycles. The van der Waals surface area contributed by atoms with E-state index in [1.54, 1.807) is 0 Å². The fraction of sp³-hybridized carbons (Fsp3) is 1.00. The molecular weight excluding hydrogens is 367 g/mol. The van der Waals surface area contributed by atoms with Crippen LogP contribution in [-0.2, 0) is 9.31 Å². The lowest BCUT2D eigenvalue weighted by Crippen LogP contribution is -2.60. The Morgan fingerprint density at radius 3 is 0.783 bits per heavy atom. The molecule has 0 unspecified atom stereocenters. The Morgan fingerprint density at radius 2 is 0.652 bits per heavy atom. The third-order valence-corrected chi connectivity index (χ3v) is 2.86. The average molecular weight is 374 g/mol. The van der Waals surface area contributed by atoms with Crippen molar-refractivity contribution in [2.45, 2.75) is 49.8 Å². The van der Waals surface area contributed by atoms with Crippen molar-refractivity contribution >= 4 is 7.69 Å². The third kappa shape index (κ3) is 4.16. The zero-order chi connectivity index (χ0) is 19.1. The Labute approximate surface area is 121 Å². The predicted octanol–water partition coefficient (Wildman–Crippen LogP) is 4.05. The number of rotatable bonds is 4. The fourth-order valence-corrected chi connectivity index (χ4v) is 0.914. The molecule has 2 nitrogen and oxygen atoms in total. The van der Waals surface area contributed by atoms with Gasteiger partial charge in [-0.1, -0.05) is 0 Å². The van der Waals surface area contributed by atoms with Crippen molar-refractivity contribution < 1.29 is 62.0 Å². The van der Waals surface area contributed by atoms with Crippen molar-refractivity contribution in [3.63, 3.8) is 0 Å². The smallest absolute Gasteiger partial charge is 0.393 e. The van der Waals surface area contributed by atoms with Crippen molar-refractivity contribution in [1.29, 1.82) is 0 Å². The summed E-state index contributed by atoms with van der Waals surface area (Å²) in [5.74, 6) is 0. The van der Waals surface area contributed by atoms with Crippen LogP contribution in [0.3, 0.4) is 0 Å². The Hall–Kier alpha value is -0.855. The van der Waals surface area contributed by atoms with Crippen molar-refractivity contribution in [2.24, 2.45) is 0 Å². The van der Waals surface area contributed by atoms with Crippen LogP contribution in [0.15, 0.2) is 0 Å². The van der Waals surface area contributed by atoms with E-state index in [1.807, 2.05) is 0 Å². The van der Waals surface area contributed by atoms with Gasteiger partial charge in [0.25, 0.3) is 0 Å². The molecule has 0 aliphatic carbocycles. The Balaban J connectivity index is 5.38. The lowest BCUT2D eigenvalue weighted by Gasteiger charge is -2.37. The SMILES string of the molecule is CC(OBOC(C)(C(F)(F)F)C(F)(F)F)(C(F)(F)F)C(F)(F)F. The average Bonchev–Trinajstić information content (AvgIpc) is 2.22. The second-order valence-electron chi connectivity index (χ2n) is 4.46. The van der Waals surface area contributed by atoms with Gasteiger partial charge in [-0.15, -0.1) is 0 Å². The van der Waals surface area contributed by atoms with Crippen LogP contribution in [0.5, 0.6) is 0 Å². The summed E-state index contributed by atoms with van der Waals surface area (Å²) in [6.07, 6.45) is -24.7. The van der Waals surface area contributed by atoms with E-state index in [0.29, 0.717) is 0 Å². The summed E-state index contributed by atoms with van der Waals surface area (Å²) in [5.41, 5.74) is -10.0. The van der Waals surface area contributed by atoms with Gasteiger partial charge in [0.1, 0.15) is 0 Å². The molecule has 15 heteroatoms. The molecule has 0 aliphatic heterocycles. The van der Waals surface area contributed by atoms with Crippen LogP contribution in [0.2, 0.25) is 0 Å². The minimum Gasteiger partial charge on any atom is -0.393 e. The van der Waals surface area contributed by atoms with Crippen LogP contribution in [-0.4, -0.2) is 43.6 Å². The Morgan fingerprint density at radius 1 is 0.478 bits per heavy atom. The van der Waals surface area contributed by atoms with E-state index in [4.69, 9.17) is 0 Å². The lowest BCUT2D eigenvalue weighted by molar-refractivity contribution is -0.368. The zero-order valence-corrected chi connectivity index (χ0v) is 11.1. The van der Waals surface area contributed by atoms with E-state index in [0.717, 1.165) is 0 Å². The van der Waals surface area contributed by atoms with E-state index < -0.39 is 57.4 Å². The minimum absolute atomic E-state index is 0.602. The highest BCUT2D eigenvalue weighted by Gasteiger charge is 2.71. The first-order chi connectivity index (χ1) is 9.71. The monoisotopic (exact) mass is 374 g/mol. The van der Waals surface area contributed by atoms with Crippen LogP contribution in [0.4, 0.5) is 52.7 Å². The molecule has 0 radical (unpaired) electrons. The highest BCUT2D eigenvalue weighted by Crippen LogP contribution is 2.47. The highest BCUT2D eigenvalue weighted by atomic mass is 19.4. The first-order valence-electron chi connectivity index (χ1n) is 5.25. The molecule has 0 fully saturated rings. The van der Waals surface area contributed by atoms with Crippen molar-refractivity contribution in [3.05, 3.63) is 0 Å². The van der Waals surface area contributed by atoms with E-state index >= 15 is 0 Å². The van der Waals surface area contributed by atoms with Crippen LogP contribution >= 0.6 is 0 Å². The molecule has 0 spiro atoms. The summed E-state index contributed by atoms with van der Waals surface area (Å²) >= 11 is 0. The van der Waals surface area contributed by atoms with E-state index in [1.165, 1.54) is 0 Å². The van der Waals surface area contributed by atoms with E-state index in [-0.39, 0.29) is 0 Å². The topological polar surface area (TPSA) is 18.5 Å². The van der Waals surface area contributed by atoms with Crippen molar-refractivity contribution in [2.75, 3.05) is 0 Å². The van der Waals surface area contributed by atoms with Gasteiger partial charge in [0, 0.05) is 0 Å². The minimum atomic E-state index is -6.17. The maximum Gasteiger partial charge on any atom is 0.439 e. The number of halogens is 12. The molecule has 0 saturated carbocycles. The van der Waals surface area contributed by atoms with Gasteiger partial charge in [-0.3, -0.25) is 0 Å². The first kappa shape index (κ1) is 22.1. The maximum absolute atomic E-state index is 12.3. The number of hydrogen-bond acceptors (Lipinski definition) is 2. The van der Waals surface area contributed by atoms with Crippen LogP contribution in [0.1, 0.15) is 13.8 Å². The lowest BCUT2D eigenvalue weighted by atomic mass is 10.0. The molecule has 138 valence electrons. The summed E-state index contributed by atoms with van der Waals surface area (Å²) < 4.78 is 154. The van der Waals surface area contributed by atoms with Gasteiger partial charge < -0.3 is 9.31 Å². The van der Waals surface area contributed by atoms with Crippen molar-refractivity contribution in [1.82, 2.24) is 0 Å². The largest absolute Gasteiger partial charge is 0.439 e. The number of hydrogen-bond donors (Lipinski definition) is 0. The van der Waals surface area contributed by atoms with Gasteiger partial charge in [-0.2, -0.15) is 52.7 Å². The molecule has 0 aromatic rings. The number of alkyl halides is 12. The standard InChI is InChI=1S/C8H7BF12O2/c1-3(5(10,11)12,6(13,14)15)22-9-23-4(2,7(16,17)18)8(19,20)21/h9H,1-2H3. The highest BCUT2D eigenvalue weighted by molar-refractivity contribution is 6.18. The van der Waals surface area contributed by atoms with Gasteiger partial charge in [0.2, 0.25) is 11.2 Å². The maximum atomic E-state index is 12.3. The van der Waals surface area contributed by atoms with Gasteiger partial charge >= 0.3 is 32.4 Å². The predicted molar refractivity (Wildman–Crippen MR) is 50.3 cm³/mol. The normalized spacial score (nSPS) is 15.7. The summed E-state index contributed by atoms with van der Waals surface area (Å²) in [6, 6.07) is 0.